The van der Waals surface area contributed by atoms with Crippen molar-refractivity contribution < 1.29 is 0 Å². The van der Waals surface area contributed by atoms with E-state index in [0.717, 1.165) is 25.9 Å². The Kier molecular flexibility index (Phi) is 6.90. The molecule has 0 spiro atoms. The van der Waals surface area contributed by atoms with Crippen LogP contribution in [0.25, 0.3) is 0 Å². The van der Waals surface area contributed by atoms with Gasteiger partial charge in [-0.1, -0.05) is 39.8 Å². The molecule has 0 saturated carbocycles. The fraction of sp³-hybridized carbons (Fsp3) is 0.846. The van der Waals surface area contributed by atoms with E-state index >= 15 is 0 Å². The zero-order chi connectivity index (χ0) is 11.0. The maximum absolute atomic E-state index is 4.08. The second-order valence-electron chi connectivity index (χ2n) is 4.94. The molecule has 0 aromatic heterocycles. The third kappa shape index (κ3) is 7.14. The van der Waals surface area contributed by atoms with E-state index in [2.05, 4.69) is 39.6 Å². The molecular weight excluding hydrogens is 170 g/mol. The molecule has 0 unspecified atom stereocenters. The van der Waals surface area contributed by atoms with Crippen molar-refractivity contribution in [3.05, 3.63) is 12.2 Å². The fourth-order valence-electron chi connectivity index (χ4n) is 1.62. The van der Waals surface area contributed by atoms with Gasteiger partial charge in [0.1, 0.15) is 0 Å². The van der Waals surface area contributed by atoms with Gasteiger partial charge in [-0.05, 0) is 44.2 Å². The highest BCUT2D eigenvalue weighted by Gasteiger charge is 2.17. The van der Waals surface area contributed by atoms with Crippen LogP contribution in [-0.4, -0.2) is 13.1 Å². The van der Waals surface area contributed by atoms with Gasteiger partial charge in [0.05, 0.1) is 0 Å². The lowest BCUT2D eigenvalue weighted by Gasteiger charge is -2.25. The lowest BCUT2D eigenvalue weighted by atomic mass is 9.82. The van der Waals surface area contributed by atoms with Crippen molar-refractivity contribution in [2.75, 3.05) is 13.1 Å². The van der Waals surface area contributed by atoms with Crippen LogP contribution < -0.4 is 5.32 Å². The Balaban J connectivity index is 3.66. The minimum atomic E-state index is 0.411. The van der Waals surface area contributed by atoms with E-state index < -0.39 is 0 Å². The zero-order valence-electron chi connectivity index (χ0n) is 10.4. The van der Waals surface area contributed by atoms with Crippen LogP contribution >= 0.6 is 0 Å². The maximum Gasteiger partial charge on any atom is -0.00437 e. The summed E-state index contributed by atoms with van der Waals surface area (Å²) in [7, 11) is 0. The summed E-state index contributed by atoms with van der Waals surface area (Å²) in [5, 5.41) is 3.45. The molecule has 0 aliphatic carbocycles. The first kappa shape index (κ1) is 13.7. The number of hydrogen-bond donors (Lipinski definition) is 1. The topological polar surface area (TPSA) is 12.0 Å². The number of hydrogen-bond acceptors (Lipinski definition) is 1. The average molecular weight is 197 g/mol. The Bertz CT molecular complexity index is 159. The molecule has 0 aliphatic heterocycles. The standard InChI is InChI=1S/C13H27N/c1-6-9-14-10-8-13(4,5)11-12(3)7-2/h14H,3,6-11H2,1-2,4-5H3. The predicted molar refractivity (Wildman–Crippen MR) is 65.6 cm³/mol. The van der Waals surface area contributed by atoms with Gasteiger partial charge in [0, 0.05) is 0 Å². The molecule has 14 heavy (non-hydrogen) atoms. The molecule has 0 heterocycles. The third-order valence-electron chi connectivity index (χ3n) is 2.63. The van der Waals surface area contributed by atoms with Gasteiger partial charge in [0.2, 0.25) is 0 Å². The smallest absolute Gasteiger partial charge is 0.00437 e. The summed E-state index contributed by atoms with van der Waals surface area (Å²) in [6.07, 6.45) is 4.75. The first-order valence-corrected chi connectivity index (χ1v) is 5.89. The van der Waals surface area contributed by atoms with Crippen molar-refractivity contribution in [2.45, 2.75) is 53.4 Å². The minimum Gasteiger partial charge on any atom is -0.317 e. The van der Waals surface area contributed by atoms with Crippen molar-refractivity contribution in [1.29, 1.82) is 0 Å². The van der Waals surface area contributed by atoms with Gasteiger partial charge in [-0.3, -0.25) is 0 Å². The molecule has 0 rings (SSSR count). The van der Waals surface area contributed by atoms with E-state index in [1.165, 1.54) is 18.4 Å². The predicted octanol–water partition coefficient (Wildman–Crippen LogP) is 3.76. The van der Waals surface area contributed by atoms with E-state index in [1.807, 2.05) is 0 Å². The fourth-order valence-corrected chi connectivity index (χ4v) is 1.62. The van der Waals surface area contributed by atoms with Crippen molar-refractivity contribution in [3.8, 4) is 0 Å². The third-order valence-corrected chi connectivity index (χ3v) is 2.63. The van der Waals surface area contributed by atoms with E-state index in [0.29, 0.717) is 5.41 Å². The molecule has 1 heteroatoms. The van der Waals surface area contributed by atoms with Crippen molar-refractivity contribution in [1.82, 2.24) is 5.32 Å². The Labute approximate surface area is 90.0 Å². The van der Waals surface area contributed by atoms with E-state index in [1.54, 1.807) is 0 Å². The van der Waals surface area contributed by atoms with Crippen molar-refractivity contribution >= 4 is 0 Å². The highest BCUT2D eigenvalue weighted by Crippen LogP contribution is 2.28. The quantitative estimate of drug-likeness (QED) is 0.461. The molecule has 0 fully saturated rings. The summed E-state index contributed by atoms with van der Waals surface area (Å²) in [5.41, 5.74) is 1.79. The van der Waals surface area contributed by atoms with Crippen LogP contribution in [0.2, 0.25) is 0 Å². The van der Waals surface area contributed by atoms with E-state index in [-0.39, 0.29) is 0 Å². The maximum atomic E-state index is 4.08. The summed E-state index contributed by atoms with van der Waals surface area (Å²) in [6.45, 7) is 15.4. The number of allylic oxidation sites excluding steroid dienone is 1. The van der Waals surface area contributed by atoms with Crippen LogP contribution in [0.3, 0.4) is 0 Å². The molecule has 0 atom stereocenters. The molecular formula is C13H27N. The van der Waals surface area contributed by atoms with E-state index in [4.69, 9.17) is 0 Å². The second-order valence-corrected chi connectivity index (χ2v) is 4.94. The SMILES string of the molecule is C=C(CC)CC(C)(C)CCNCCC. The minimum absolute atomic E-state index is 0.411. The van der Waals surface area contributed by atoms with Crippen molar-refractivity contribution in [3.63, 3.8) is 0 Å². The van der Waals surface area contributed by atoms with Gasteiger partial charge in [0.15, 0.2) is 0 Å². The summed E-state index contributed by atoms with van der Waals surface area (Å²) >= 11 is 0. The highest BCUT2D eigenvalue weighted by atomic mass is 14.8. The van der Waals surface area contributed by atoms with Crippen LogP contribution in [0.15, 0.2) is 12.2 Å². The Morgan fingerprint density at radius 1 is 1.21 bits per heavy atom. The van der Waals surface area contributed by atoms with Crippen LogP contribution in [0.1, 0.15) is 53.4 Å². The van der Waals surface area contributed by atoms with Gasteiger partial charge in [-0.2, -0.15) is 0 Å². The molecule has 0 aliphatic rings. The van der Waals surface area contributed by atoms with Crippen LogP contribution in [0.5, 0.6) is 0 Å². The largest absolute Gasteiger partial charge is 0.317 e. The molecule has 0 aromatic rings. The monoisotopic (exact) mass is 197 g/mol. The molecule has 84 valence electrons. The Morgan fingerprint density at radius 3 is 2.36 bits per heavy atom. The van der Waals surface area contributed by atoms with Gasteiger partial charge in [0.25, 0.3) is 0 Å². The highest BCUT2D eigenvalue weighted by molar-refractivity contribution is 4.97. The van der Waals surface area contributed by atoms with Crippen LogP contribution in [0, 0.1) is 5.41 Å². The first-order chi connectivity index (χ1) is 6.52. The molecule has 0 amide bonds. The Morgan fingerprint density at radius 2 is 1.86 bits per heavy atom. The molecule has 0 aromatic carbocycles. The van der Waals surface area contributed by atoms with Crippen LogP contribution in [0.4, 0.5) is 0 Å². The summed E-state index contributed by atoms with van der Waals surface area (Å²) in [4.78, 5) is 0. The lowest BCUT2D eigenvalue weighted by Crippen LogP contribution is -2.23. The molecule has 0 saturated heterocycles. The lowest BCUT2D eigenvalue weighted by molar-refractivity contribution is 0.323. The van der Waals surface area contributed by atoms with Gasteiger partial charge < -0.3 is 5.32 Å². The molecule has 0 bridgehead atoms. The average Bonchev–Trinajstić information content (AvgIpc) is 2.12. The zero-order valence-corrected chi connectivity index (χ0v) is 10.4. The van der Waals surface area contributed by atoms with Crippen molar-refractivity contribution in [2.24, 2.45) is 5.41 Å². The number of rotatable bonds is 8. The second kappa shape index (κ2) is 7.05. The van der Waals surface area contributed by atoms with E-state index in [9.17, 15) is 0 Å². The molecule has 0 radical (unpaired) electrons. The summed E-state index contributed by atoms with van der Waals surface area (Å²) in [5.74, 6) is 0. The normalized spacial score (nSPS) is 11.7. The molecule has 1 nitrogen and oxygen atoms in total. The summed E-state index contributed by atoms with van der Waals surface area (Å²) in [6, 6.07) is 0. The van der Waals surface area contributed by atoms with Gasteiger partial charge in [-0.25, -0.2) is 0 Å². The Hall–Kier alpha value is -0.300. The first-order valence-electron chi connectivity index (χ1n) is 5.89. The van der Waals surface area contributed by atoms with Gasteiger partial charge >= 0.3 is 0 Å². The van der Waals surface area contributed by atoms with Crippen LogP contribution in [-0.2, 0) is 0 Å². The van der Waals surface area contributed by atoms with Gasteiger partial charge in [-0.15, -0.1) is 0 Å². The summed E-state index contributed by atoms with van der Waals surface area (Å²) < 4.78 is 0. The molecule has 1 N–H and O–H groups in total. The number of nitrogens with one attached hydrogen (secondary N) is 1.